The van der Waals surface area contributed by atoms with Crippen LogP contribution in [0.3, 0.4) is 0 Å². The van der Waals surface area contributed by atoms with Crippen LogP contribution in [0.5, 0.6) is 0 Å². The summed E-state index contributed by atoms with van der Waals surface area (Å²) in [5, 5.41) is 18.1. The van der Waals surface area contributed by atoms with Gasteiger partial charge in [-0.25, -0.2) is 0 Å². The number of anilines is 4. The molecule has 0 aliphatic carbocycles. The maximum Gasteiger partial charge on any atom is 0.224 e. The van der Waals surface area contributed by atoms with Gasteiger partial charge in [-0.2, -0.15) is 0 Å². The van der Waals surface area contributed by atoms with E-state index in [-0.39, 0.29) is 43.0 Å². The van der Waals surface area contributed by atoms with Crippen molar-refractivity contribution in [2.75, 3.05) is 27.4 Å². The quantitative estimate of drug-likeness (QED) is 0.0532. The summed E-state index contributed by atoms with van der Waals surface area (Å²) in [4.78, 5) is 37.5. The zero-order valence-electron chi connectivity index (χ0n) is 27.4. The van der Waals surface area contributed by atoms with Crippen LogP contribution in [-0.2, 0) is 30.5 Å². The largest absolute Gasteiger partial charge is 0.397 e. The maximum absolute atomic E-state index is 12.8. The number of ether oxygens (including phenoxy) is 2. The molecule has 1 heterocycles. The fourth-order valence-corrected chi connectivity index (χ4v) is 6.35. The standard InChI is InChI=1S/C38H42N4O6S/c1-25(44)40-29-17-19-32(20-18-29)49-24-31-22-35(27-15-13-26(23-43)14-16-27)48-38(47-31)28-7-6-8-30(21-28)41-36(45)11-4-5-12-37(46)42-34-10-3-2-9-33(34)39/h2-3,6-10,13-21,31,35,38,43H,4-5,11-12,22-24,39H2,1H3,(H,40,44)(H,41,45)(H,42,46). The number of benzene rings is 4. The molecular formula is C38H42N4O6S. The number of rotatable bonds is 14. The Labute approximate surface area is 290 Å². The third kappa shape index (κ3) is 10.9. The maximum atomic E-state index is 12.8. The number of nitrogens with two attached hydrogens (primary N) is 1. The molecule has 0 aromatic heterocycles. The Balaban J connectivity index is 1.18. The van der Waals surface area contributed by atoms with Gasteiger partial charge >= 0.3 is 0 Å². The second kappa shape index (κ2) is 17.6. The smallest absolute Gasteiger partial charge is 0.224 e. The fourth-order valence-electron chi connectivity index (χ4n) is 5.43. The Morgan fingerprint density at radius 3 is 2.20 bits per heavy atom. The molecule has 3 amide bonds. The Bertz CT molecular complexity index is 1720. The third-order valence-electron chi connectivity index (χ3n) is 7.96. The van der Waals surface area contributed by atoms with E-state index in [4.69, 9.17) is 15.2 Å². The van der Waals surface area contributed by atoms with Gasteiger partial charge in [-0.3, -0.25) is 14.4 Å². The van der Waals surface area contributed by atoms with Gasteiger partial charge in [0.15, 0.2) is 6.29 Å². The minimum Gasteiger partial charge on any atom is -0.397 e. The van der Waals surface area contributed by atoms with Crippen LogP contribution in [-0.4, -0.2) is 34.7 Å². The topological polar surface area (TPSA) is 152 Å². The summed E-state index contributed by atoms with van der Waals surface area (Å²) >= 11 is 1.66. The molecule has 3 unspecified atom stereocenters. The van der Waals surface area contributed by atoms with Crippen molar-refractivity contribution in [2.45, 2.75) is 69.0 Å². The number of nitrogens with one attached hydrogen (secondary N) is 3. The molecule has 5 rings (SSSR count). The second-order valence-electron chi connectivity index (χ2n) is 11.9. The van der Waals surface area contributed by atoms with Crippen molar-refractivity contribution in [2.24, 2.45) is 0 Å². The Morgan fingerprint density at radius 2 is 1.51 bits per heavy atom. The van der Waals surface area contributed by atoms with Crippen LogP contribution in [0.4, 0.5) is 22.7 Å². The highest BCUT2D eigenvalue weighted by atomic mass is 32.2. The van der Waals surface area contributed by atoms with Crippen molar-refractivity contribution in [3.05, 3.63) is 114 Å². The van der Waals surface area contributed by atoms with Crippen molar-refractivity contribution in [3.8, 4) is 0 Å². The van der Waals surface area contributed by atoms with E-state index >= 15 is 0 Å². The van der Waals surface area contributed by atoms with E-state index < -0.39 is 6.29 Å². The van der Waals surface area contributed by atoms with Crippen LogP contribution in [0.25, 0.3) is 0 Å². The number of hydrogen-bond donors (Lipinski definition) is 5. The minimum absolute atomic E-state index is 0.0325. The molecule has 49 heavy (non-hydrogen) atoms. The van der Waals surface area contributed by atoms with Gasteiger partial charge in [-0.1, -0.05) is 48.5 Å². The van der Waals surface area contributed by atoms with E-state index in [1.807, 2.05) is 78.9 Å². The SMILES string of the molecule is CC(=O)Nc1ccc(SCC2CC(c3ccc(CO)cc3)OC(c3cccc(NC(=O)CCCCC(=O)Nc4ccccc4N)c3)O2)cc1. The minimum atomic E-state index is -0.668. The number of hydrogen-bond acceptors (Lipinski definition) is 8. The Kier molecular flexibility index (Phi) is 12.8. The van der Waals surface area contributed by atoms with Crippen molar-refractivity contribution < 1.29 is 29.0 Å². The van der Waals surface area contributed by atoms with E-state index in [1.165, 1.54) is 6.92 Å². The molecule has 6 N–H and O–H groups in total. The summed E-state index contributed by atoms with van der Waals surface area (Å²) in [7, 11) is 0. The van der Waals surface area contributed by atoms with Gasteiger partial charge in [-0.15, -0.1) is 11.8 Å². The number of para-hydroxylation sites is 2. The average molecular weight is 683 g/mol. The number of carbonyl (C=O) groups excluding carboxylic acids is 3. The lowest BCUT2D eigenvalue weighted by Crippen LogP contribution is -2.31. The first-order valence-corrected chi connectivity index (χ1v) is 17.3. The highest BCUT2D eigenvalue weighted by molar-refractivity contribution is 7.99. The molecule has 4 aromatic rings. The summed E-state index contributed by atoms with van der Waals surface area (Å²) in [5.74, 6) is 0.280. The first-order valence-electron chi connectivity index (χ1n) is 16.3. The van der Waals surface area contributed by atoms with Gasteiger partial charge in [0.05, 0.1) is 30.2 Å². The molecular weight excluding hydrogens is 641 g/mol. The molecule has 3 atom stereocenters. The van der Waals surface area contributed by atoms with Crippen LogP contribution in [0, 0.1) is 0 Å². The van der Waals surface area contributed by atoms with Crippen molar-refractivity contribution in [1.29, 1.82) is 0 Å². The summed E-state index contributed by atoms with van der Waals surface area (Å²) in [6, 6.07) is 30.0. The Morgan fingerprint density at radius 1 is 0.796 bits per heavy atom. The molecule has 1 aliphatic heterocycles. The zero-order chi connectivity index (χ0) is 34.6. The molecule has 256 valence electrons. The van der Waals surface area contributed by atoms with Gasteiger partial charge in [0.1, 0.15) is 0 Å². The number of thioether (sulfide) groups is 1. The van der Waals surface area contributed by atoms with Gasteiger partial charge < -0.3 is 36.3 Å². The molecule has 1 aliphatic rings. The lowest BCUT2D eigenvalue weighted by atomic mass is 10.0. The predicted molar refractivity (Wildman–Crippen MR) is 193 cm³/mol. The summed E-state index contributed by atoms with van der Waals surface area (Å²) in [6.07, 6.45) is 1.27. The number of aliphatic hydroxyl groups is 1. The van der Waals surface area contributed by atoms with E-state index in [1.54, 1.807) is 30.0 Å². The molecule has 4 aromatic carbocycles. The lowest BCUT2D eigenvalue weighted by molar-refractivity contribution is -0.245. The summed E-state index contributed by atoms with van der Waals surface area (Å²) in [5.41, 5.74) is 11.0. The van der Waals surface area contributed by atoms with E-state index in [9.17, 15) is 19.5 Å². The van der Waals surface area contributed by atoms with E-state index in [0.29, 0.717) is 48.5 Å². The fraction of sp³-hybridized carbons (Fsp3) is 0.289. The van der Waals surface area contributed by atoms with E-state index in [2.05, 4.69) is 16.0 Å². The number of unbranched alkanes of at least 4 members (excludes halogenated alkanes) is 1. The summed E-state index contributed by atoms with van der Waals surface area (Å²) in [6.45, 7) is 1.45. The molecule has 0 spiro atoms. The van der Waals surface area contributed by atoms with Crippen molar-refractivity contribution in [1.82, 2.24) is 0 Å². The molecule has 1 fully saturated rings. The van der Waals surface area contributed by atoms with Gasteiger partial charge in [-0.05, 0) is 72.5 Å². The predicted octanol–water partition coefficient (Wildman–Crippen LogP) is 7.19. The first-order chi connectivity index (χ1) is 23.7. The molecule has 0 saturated carbocycles. The monoisotopic (exact) mass is 682 g/mol. The molecule has 1 saturated heterocycles. The number of amides is 3. The van der Waals surface area contributed by atoms with Crippen molar-refractivity contribution in [3.63, 3.8) is 0 Å². The van der Waals surface area contributed by atoms with Crippen LogP contribution < -0.4 is 21.7 Å². The van der Waals surface area contributed by atoms with Crippen LogP contribution in [0.15, 0.2) is 102 Å². The van der Waals surface area contributed by atoms with Gasteiger partial charge in [0.2, 0.25) is 17.7 Å². The molecule has 10 nitrogen and oxygen atoms in total. The normalized spacial score (nSPS) is 17.2. The van der Waals surface area contributed by atoms with Gasteiger partial charge in [0.25, 0.3) is 0 Å². The van der Waals surface area contributed by atoms with Crippen LogP contribution in [0.2, 0.25) is 0 Å². The summed E-state index contributed by atoms with van der Waals surface area (Å²) < 4.78 is 13.0. The molecule has 0 bridgehead atoms. The van der Waals surface area contributed by atoms with E-state index in [0.717, 1.165) is 27.3 Å². The Hall–Kier alpha value is -4.68. The number of aliphatic hydroxyl groups excluding tert-OH is 1. The van der Waals surface area contributed by atoms with Crippen molar-refractivity contribution >= 4 is 52.2 Å². The highest BCUT2D eigenvalue weighted by Crippen LogP contribution is 2.40. The first kappa shape index (κ1) is 35.6. The second-order valence-corrected chi connectivity index (χ2v) is 13.0. The highest BCUT2D eigenvalue weighted by Gasteiger charge is 2.32. The number of carbonyl (C=O) groups is 3. The van der Waals surface area contributed by atoms with Gasteiger partial charge in [0, 0.05) is 53.8 Å². The third-order valence-corrected chi connectivity index (χ3v) is 9.10. The average Bonchev–Trinajstić information content (AvgIpc) is 3.10. The van der Waals surface area contributed by atoms with Crippen LogP contribution in [0.1, 0.15) is 68.1 Å². The molecule has 0 radical (unpaired) electrons. The number of nitrogen functional groups attached to an aromatic ring is 1. The molecule has 11 heteroatoms. The zero-order valence-corrected chi connectivity index (χ0v) is 28.2. The van der Waals surface area contributed by atoms with Crippen LogP contribution >= 0.6 is 11.8 Å². The lowest BCUT2D eigenvalue weighted by Gasteiger charge is -2.36.